The number of nitrogens with zero attached hydrogens (tertiary/aromatic N) is 20. The molecular weight excluding hydrogens is 1430 g/mol. The second kappa shape index (κ2) is 34.5. The number of nitrogens with two attached hydrogens (primary N) is 1. The highest BCUT2D eigenvalue weighted by Gasteiger charge is 2.33. The predicted molar refractivity (Wildman–Crippen MR) is 428 cm³/mol. The van der Waals surface area contributed by atoms with Crippen LogP contribution in [0.3, 0.4) is 0 Å². The van der Waals surface area contributed by atoms with E-state index in [2.05, 4.69) is 137 Å². The summed E-state index contributed by atoms with van der Waals surface area (Å²) < 4.78 is 27.5. The van der Waals surface area contributed by atoms with E-state index in [1.54, 1.807) is 65.8 Å². The van der Waals surface area contributed by atoms with E-state index >= 15 is 0 Å². The normalized spacial score (nSPS) is 20.2. The summed E-state index contributed by atoms with van der Waals surface area (Å²) in [6.45, 7) is 0. The molecule has 8 aromatic heterocycles. The molecule has 16 rings (SSSR count). The molecule has 0 amide bonds. The highest BCUT2D eigenvalue weighted by atomic mass is 35.5. The van der Waals surface area contributed by atoms with Crippen LogP contribution in [-0.4, -0.2) is 223 Å². The molecule has 5 N–H and O–H groups in total. The van der Waals surface area contributed by atoms with Gasteiger partial charge in [-0.25, -0.2) is 40.0 Å². The number of fused-ring (bicyclic) bond motifs is 4. The monoisotopic (exact) mass is 1520 g/mol. The Bertz CT molecular complexity index is 4630. The molecule has 4 aliphatic carbocycles. The van der Waals surface area contributed by atoms with Crippen LogP contribution in [0.4, 0.5) is 17.8 Å². The smallest absolute Gasteiger partial charge is 0.225 e. The fraction of sp³-hybridized carbons (Fsp3) is 0.444. The van der Waals surface area contributed by atoms with Crippen LogP contribution in [0.2, 0.25) is 5.28 Å². The first-order chi connectivity index (χ1) is 50.7. The Hall–Kier alpha value is -8.95. The lowest BCUT2D eigenvalue weighted by atomic mass is 10.2. The molecule has 556 valence electrons. The highest BCUT2D eigenvalue weighted by molar-refractivity contribution is 8.32. The van der Waals surface area contributed by atoms with Crippen molar-refractivity contribution in [1.82, 2.24) is 99.8 Å². The molecule has 0 radical (unpaired) electrons. The summed E-state index contributed by atoms with van der Waals surface area (Å²) in [6, 6.07) is 32.2. The lowest BCUT2D eigenvalue weighted by Gasteiger charge is -2.33. The largest absolute Gasteiger partial charge is 0.497 e. The third-order valence-corrected chi connectivity index (χ3v) is 26.5. The summed E-state index contributed by atoms with van der Waals surface area (Å²) >= 11 is 9.67. The van der Waals surface area contributed by atoms with Crippen molar-refractivity contribution in [2.75, 3.05) is 94.4 Å². The molecule has 8 heterocycles. The van der Waals surface area contributed by atoms with Crippen molar-refractivity contribution in [3.63, 3.8) is 0 Å². The summed E-state index contributed by atoms with van der Waals surface area (Å²) in [5.74, 6) is 5.11. The van der Waals surface area contributed by atoms with Gasteiger partial charge in [0.1, 0.15) is 23.0 Å². The topological polar surface area (TPSA) is 325 Å². The summed E-state index contributed by atoms with van der Waals surface area (Å²) in [7, 11) is 5.54. The third-order valence-electron chi connectivity index (χ3n) is 19.3. The lowest BCUT2D eigenvalue weighted by molar-refractivity contribution is 0.414. The minimum Gasteiger partial charge on any atom is -0.497 e. The van der Waals surface area contributed by atoms with Gasteiger partial charge in [0.05, 0.1) is 76.0 Å². The van der Waals surface area contributed by atoms with Crippen molar-refractivity contribution in [2.45, 2.75) is 122 Å². The van der Waals surface area contributed by atoms with E-state index in [1.807, 2.05) is 121 Å². The van der Waals surface area contributed by atoms with Crippen molar-refractivity contribution < 1.29 is 18.9 Å². The molecule has 105 heavy (non-hydrogen) atoms. The minimum atomic E-state index is -0.517. The first kappa shape index (κ1) is 75.7. The predicted octanol–water partition coefficient (Wildman–Crippen LogP) is 12.5. The zero-order valence-corrected chi connectivity index (χ0v) is 65.3. The number of hydrogen-bond donors (Lipinski definition) is 4. The molecule has 28 nitrogen and oxygen atoms in total. The molecule has 0 saturated heterocycles. The fourth-order valence-electron chi connectivity index (χ4n) is 13.1. The van der Waals surface area contributed by atoms with Crippen LogP contribution in [0, 0.1) is 0 Å². The molecule has 4 saturated carbocycles. The van der Waals surface area contributed by atoms with Crippen LogP contribution in [0.1, 0.15) is 77.0 Å². The quantitative estimate of drug-likeness (QED) is 0.0580. The SMILES string of the molecule is COc1ccc(-n2nnc3cnc(Cl)nc32)cc1.COc1ccc(-n2nnc3cnc(N[C@@H]4CC[C@@H](S(C)(C)C)C4)nc32)cc1.COc1ccc(-n2nnc3cnc(N[C@@H]4CC[C@@H](SC)C4)nc32)cc1.COc1ccc(-n2nnc3cnc(N[C@@H]4CC[C@H](S(C)(C)C)C4)nc32)cc1.CSC1CCC(N)C1. The molecule has 4 aliphatic rings. The van der Waals surface area contributed by atoms with Crippen molar-refractivity contribution in [1.29, 1.82) is 0 Å². The van der Waals surface area contributed by atoms with Gasteiger partial charge in [-0.2, -0.15) is 62.2 Å². The Morgan fingerprint density at radius 1 is 0.390 bits per heavy atom. The zero-order valence-electron chi connectivity index (χ0n) is 61.3. The second-order valence-electron chi connectivity index (χ2n) is 27.7. The van der Waals surface area contributed by atoms with E-state index in [9.17, 15) is 0 Å². The Balaban J connectivity index is 0.000000128. The molecule has 4 fully saturated rings. The maximum atomic E-state index is 5.77. The first-order valence-corrected chi connectivity index (χ1v) is 43.6. The highest BCUT2D eigenvalue weighted by Crippen LogP contribution is 2.50. The van der Waals surface area contributed by atoms with Gasteiger partial charge in [-0.3, -0.25) is 0 Å². The number of methoxy groups -OCH3 is 4. The number of nitrogens with one attached hydrogen (secondary N) is 3. The number of ether oxygens (including phenoxy) is 4. The average molecular weight is 1520 g/mol. The van der Waals surface area contributed by atoms with Crippen LogP contribution in [-0.2, 0) is 0 Å². The summed E-state index contributed by atoms with van der Waals surface area (Å²) in [5, 5.41) is 47.1. The van der Waals surface area contributed by atoms with Gasteiger partial charge in [0.15, 0.2) is 44.7 Å². The molecule has 4 aromatic carbocycles. The molecule has 2 unspecified atom stereocenters. The Morgan fingerprint density at radius 3 is 0.962 bits per heavy atom. The van der Waals surface area contributed by atoms with Crippen LogP contribution < -0.4 is 40.6 Å². The number of hydrogen-bond acceptors (Lipinski definition) is 26. The molecule has 8 atom stereocenters. The summed E-state index contributed by atoms with van der Waals surface area (Å²) in [6.07, 6.45) is 40.2. The van der Waals surface area contributed by atoms with Gasteiger partial charge < -0.3 is 40.6 Å². The molecule has 33 heteroatoms. The third kappa shape index (κ3) is 19.2. The number of thioether (sulfide) groups is 2. The van der Waals surface area contributed by atoms with Crippen LogP contribution >= 0.6 is 55.2 Å². The van der Waals surface area contributed by atoms with E-state index in [0.717, 1.165) is 79.6 Å². The number of anilines is 3. The van der Waals surface area contributed by atoms with E-state index in [0.29, 0.717) is 86.7 Å². The summed E-state index contributed by atoms with van der Waals surface area (Å²) in [4.78, 5) is 35.3. The molecule has 0 bridgehead atoms. The van der Waals surface area contributed by atoms with Gasteiger partial charge in [0.2, 0.25) is 23.1 Å². The lowest BCUT2D eigenvalue weighted by Crippen LogP contribution is -2.20. The molecule has 12 aromatic rings. The maximum Gasteiger partial charge on any atom is 0.225 e. The number of halogens is 1. The van der Waals surface area contributed by atoms with Crippen LogP contribution in [0.25, 0.3) is 67.4 Å². The summed E-state index contributed by atoms with van der Waals surface area (Å²) in [5.41, 5.74) is 14.5. The number of rotatable bonds is 18. The fourth-order valence-corrected chi connectivity index (χ4v) is 18.2. The number of aromatic nitrogens is 20. The van der Waals surface area contributed by atoms with Crippen molar-refractivity contribution in [2.24, 2.45) is 5.73 Å². The van der Waals surface area contributed by atoms with Gasteiger partial charge in [0, 0.05) is 34.7 Å². The first-order valence-electron chi connectivity index (χ1n) is 34.8. The van der Waals surface area contributed by atoms with Crippen LogP contribution in [0.5, 0.6) is 23.0 Å². The zero-order chi connectivity index (χ0) is 73.8. The van der Waals surface area contributed by atoms with E-state index < -0.39 is 20.1 Å². The maximum absolute atomic E-state index is 5.77. The van der Waals surface area contributed by atoms with Crippen molar-refractivity contribution in [3.8, 4) is 45.7 Å². The molecule has 0 spiro atoms. The Labute approximate surface area is 627 Å². The van der Waals surface area contributed by atoms with E-state index in [4.69, 9.17) is 46.3 Å². The van der Waals surface area contributed by atoms with Gasteiger partial charge in [-0.05, 0) is 246 Å². The number of benzene rings is 4. The van der Waals surface area contributed by atoms with Gasteiger partial charge >= 0.3 is 0 Å². The minimum absolute atomic E-state index is 0.166. The molecule has 0 aliphatic heterocycles. The van der Waals surface area contributed by atoms with E-state index in [-0.39, 0.29) is 5.28 Å². The Kier molecular flexibility index (Phi) is 24.9. The average Bonchev–Trinajstić information content (AvgIpc) is 1.68. The standard InChI is InChI=1S/2C19H26N6OS.C17H20N6OS.C11H8ClN5O.C6H13NS/c2*1-26-15-8-6-14(7-9-15)25-18-17(23-24-25)12-20-19(22-18)21-13-5-10-16(11-13)27(2,3)4;1-24-13-6-4-12(5-7-13)23-16-15(21-22-23)10-18-17(20-16)19-11-3-8-14(9-11)25-2;1-18-8-4-2-7(3-5-8)17-10-9(15-16-17)6-13-11(12)14-10;1-8-6-3-2-5(7)4-6/h2*6-9,12-13,16H,5,10-11H2,1-4H3,(H,20,21,22);4-7,10-11,14H,3,8-9H2,1-2H3,(H,18,19,20);2-6H,1H3;5-6H,2-4,7H2,1H3/t13-,16+;13-,16-;11-,14-;;/m111../s1. The van der Waals surface area contributed by atoms with E-state index in [1.165, 1.54) is 70.4 Å². The van der Waals surface area contributed by atoms with Gasteiger partial charge in [-0.15, -0.1) is 20.4 Å². The van der Waals surface area contributed by atoms with Crippen LogP contribution in [0.15, 0.2) is 122 Å². The Morgan fingerprint density at radius 2 is 0.686 bits per heavy atom. The molecular formula is C72H93ClN24O4S4. The van der Waals surface area contributed by atoms with Gasteiger partial charge in [0.25, 0.3) is 0 Å². The van der Waals surface area contributed by atoms with Crippen molar-refractivity contribution >= 4 is 118 Å². The van der Waals surface area contributed by atoms with Crippen molar-refractivity contribution in [3.05, 3.63) is 127 Å². The second-order valence-corrected chi connectivity index (χ2v) is 39.4. The van der Waals surface area contributed by atoms with Gasteiger partial charge in [-0.1, -0.05) is 20.9 Å².